The van der Waals surface area contributed by atoms with Crippen LogP contribution in [0.1, 0.15) is 0 Å². The lowest BCUT2D eigenvalue weighted by Crippen LogP contribution is -2.61. The molecule has 6 heteroatoms. The van der Waals surface area contributed by atoms with E-state index in [-0.39, 0.29) is 6.71 Å². The van der Waals surface area contributed by atoms with Crippen molar-refractivity contribution in [3.63, 3.8) is 0 Å². The lowest BCUT2D eigenvalue weighted by atomic mass is 9.33. The van der Waals surface area contributed by atoms with E-state index in [0.717, 1.165) is 95.7 Å². The SMILES string of the molecule is c1ccc(-c2ccc3c(c2)B2c4cc5c6cc(N(c7ccccc7)c7ccccc7)cc7c8ccccc8n(c5cc4N(c4ccccc4-c4ccccc4)c4cc(-n5c8ccccc8c8ccccc85)cc(c42)N3c2ccccc2-c2ccccc2)c76)cc1. The molecule has 0 atom stereocenters. The predicted octanol–water partition coefficient (Wildman–Crippen LogP) is 20.5. The minimum Gasteiger partial charge on any atom is -0.311 e. The van der Waals surface area contributed by atoms with Crippen LogP contribution in [0.4, 0.5) is 51.2 Å². The summed E-state index contributed by atoms with van der Waals surface area (Å²) in [5.74, 6) is 0. The Morgan fingerprint density at radius 1 is 0.256 bits per heavy atom. The molecule has 2 aliphatic heterocycles. The van der Waals surface area contributed by atoms with Gasteiger partial charge in [0.2, 0.25) is 0 Å². The highest BCUT2D eigenvalue weighted by molar-refractivity contribution is 7.00. The first-order valence-corrected chi connectivity index (χ1v) is 31.1. The number of rotatable bonds is 9. The van der Waals surface area contributed by atoms with Crippen LogP contribution in [0.2, 0.25) is 0 Å². The van der Waals surface area contributed by atoms with Crippen LogP contribution in [0.5, 0.6) is 0 Å². The molecule has 0 aliphatic carbocycles. The summed E-state index contributed by atoms with van der Waals surface area (Å²) < 4.78 is 5.08. The zero-order chi connectivity index (χ0) is 59.0. The number of aromatic nitrogens is 2. The second-order valence-corrected chi connectivity index (χ2v) is 24.0. The van der Waals surface area contributed by atoms with Gasteiger partial charge in [0.05, 0.1) is 44.6 Å². The molecule has 5 nitrogen and oxygen atoms in total. The number of benzene rings is 14. The standard InChI is InChI=1S/C84H54BN5/c1-6-26-55(27-7-1)58-46-47-78-71(48-58)85-72-53-68-70-50-61(86(59-32-12-4-13-33-59)60-34-14-5-15-35-60)49-69-67-40-20-25-45-77(67)90(84(69)70)79(68)54-80(72)89(74-42-22-17-37-64(74)57-30-10-3-11-31-57)82-52-62(87-75-43-23-18-38-65(75)66-39-19-24-44-76(66)87)51-81(83(82)85)88(78)73-41-21-16-36-63(73)56-28-8-2-9-29-56/h1-54H. The minimum atomic E-state index is -0.220. The normalized spacial score (nSPS) is 12.6. The van der Waals surface area contributed by atoms with E-state index in [0.29, 0.717) is 0 Å². The number of nitrogens with zero attached hydrogens (tertiary/aromatic N) is 5. The van der Waals surface area contributed by atoms with E-state index >= 15 is 0 Å². The maximum atomic E-state index is 2.64. The third-order valence-corrected chi connectivity index (χ3v) is 19.1. The van der Waals surface area contributed by atoms with E-state index in [1.165, 1.54) is 70.9 Å². The Bertz CT molecular complexity index is 5590. The highest BCUT2D eigenvalue weighted by Crippen LogP contribution is 2.52. The van der Waals surface area contributed by atoms with Gasteiger partial charge in [0, 0.05) is 83.3 Å². The van der Waals surface area contributed by atoms with Gasteiger partial charge in [-0.2, -0.15) is 0 Å². The molecular weight excluding hydrogens is 1090 g/mol. The largest absolute Gasteiger partial charge is 0.311 e. The molecule has 0 saturated heterocycles. The van der Waals surface area contributed by atoms with E-state index in [1.807, 2.05) is 0 Å². The topological polar surface area (TPSA) is 19.1 Å². The van der Waals surface area contributed by atoms with Gasteiger partial charge in [0.15, 0.2) is 0 Å². The van der Waals surface area contributed by atoms with E-state index in [4.69, 9.17) is 0 Å². The number of hydrogen-bond acceptors (Lipinski definition) is 3. The fraction of sp³-hybridized carbons (Fsp3) is 0. The molecule has 2 aliphatic rings. The quantitative estimate of drug-likeness (QED) is 0.134. The lowest BCUT2D eigenvalue weighted by molar-refractivity contribution is 1.16. The molecule has 0 spiro atoms. The summed E-state index contributed by atoms with van der Waals surface area (Å²) in [5, 5.41) is 7.31. The molecular formula is C84H54BN5. The summed E-state index contributed by atoms with van der Waals surface area (Å²) >= 11 is 0. The molecule has 0 unspecified atom stereocenters. The number of para-hydroxylation sites is 7. The van der Waals surface area contributed by atoms with Gasteiger partial charge in [-0.1, -0.05) is 237 Å². The second kappa shape index (κ2) is 19.8. The van der Waals surface area contributed by atoms with Crippen LogP contribution >= 0.6 is 0 Å². The molecule has 0 amide bonds. The highest BCUT2D eigenvalue weighted by atomic mass is 15.2. The number of hydrogen-bond donors (Lipinski definition) is 0. The van der Waals surface area contributed by atoms with Gasteiger partial charge in [-0.25, -0.2) is 0 Å². The van der Waals surface area contributed by atoms with Gasteiger partial charge in [0.1, 0.15) is 0 Å². The summed E-state index contributed by atoms with van der Waals surface area (Å²) in [6, 6.07) is 122. The first-order valence-electron chi connectivity index (χ1n) is 31.1. The fourth-order valence-corrected chi connectivity index (χ4v) is 15.4. The Morgan fingerprint density at radius 3 is 1.27 bits per heavy atom. The van der Waals surface area contributed by atoms with Crippen LogP contribution in [0, 0.1) is 0 Å². The molecule has 0 bridgehead atoms. The third-order valence-electron chi connectivity index (χ3n) is 19.1. The van der Waals surface area contributed by atoms with Crippen LogP contribution in [0.15, 0.2) is 328 Å². The summed E-state index contributed by atoms with van der Waals surface area (Å²) in [4.78, 5) is 7.66. The zero-order valence-corrected chi connectivity index (χ0v) is 49.0. The van der Waals surface area contributed by atoms with Gasteiger partial charge in [0.25, 0.3) is 6.71 Å². The van der Waals surface area contributed by atoms with Gasteiger partial charge >= 0.3 is 0 Å². The average Bonchev–Trinajstić information content (AvgIpc) is 1.25. The molecule has 418 valence electrons. The fourth-order valence-electron chi connectivity index (χ4n) is 15.4. The maximum absolute atomic E-state index is 2.64. The number of anilines is 9. The molecule has 17 aromatic rings. The average molecular weight is 1140 g/mol. The van der Waals surface area contributed by atoms with Crippen LogP contribution in [-0.4, -0.2) is 15.7 Å². The Hall–Kier alpha value is -11.9. The van der Waals surface area contributed by atoms with Crippen molar-refractivity contribution < 1.29 is 0 Å². The minimum absolute atomic E-state index is 0.220. The third kappa shape index (κ3) is 7.46. The smallest absolute Gasteiger partial charge is 0.252 e. The van der Waals surface area contributed by atoms with Crippen molar-refractivity contribution in [2.75, 3.05) is 14.7 Å². The van der Waals surface area contributed by atoms with Gasteiger partial charge in [-0.15, -0.1) is 0 Å². The highest BCUT2D eigenvalue weighted by Gasteiger charge is 2.45. The zero-order valence-electron chi connectivity index (χ0n) is 49.0. The van der Waals surface area contributed by atoms with Crippen molar-refractivity contribution in [2.24, 2.45) is 0 Å². The van der Waals surface area contributed by atoms with Crippen molar-refractivity contribution >= 4 is 134 Å². The van der Waals surface area contributed by atoms with Gasteiger partial charge in [-0.05, 0) is 130 Å². The first-order chi connectivity index (χ1) is 44.7. The van der Waals surface area contributed by atoms with Gasteiger partial charge < -0.3 is 23.7 Å². The van der Waals surface area contributed by atoms with Gasteiger partial charge in [-0.3, -0.25) is 0 Å². The molecule has 5 heterocycles. The van der Waals surface area contributed by atoms with Crippen LogP contribution < -0.4 is 31.1 Å². The first kappa shape index (κ1) is 50.3. The van der Waals surface area contributed by atoms with Crippen LogP contribution in [0.3, 0.4) is 0 Å². The molecule has 19 rings (SSSR count). The Labute approximate surface area is 521 Å². The monoisotopic (exact) mass is 1140 g/mol. The molecule has 14 aromatic carbocycles. The summed E-state index contributed by atoms with van der Waals surface area (Å²) in [6.07, 6.45) is 0. The van der Waals surface area contributed by atoms with Crippen LogP contribution in [-0.2, 0) is 0 Å². The van der Waals surface area contributed by atoms with Crippen molar-refractivity contribution in [3.8, 4) is 39.1 Å². The Kier molecular flexibility index (Phi) is 11.1. The molecule has 0 radical (unpaired) electrons. The summed E-state index contributed by atoms with van der Waals surface area (Å²) in [7, 11) is 0. The predicted molar refractivity (Wildman–Crippen MR) is 380 cm³/mol. The van der Waals surface area contributed by atoms with Crippen molar-refractivity contribution in [1.29, 1.82) is 0 Å². The van der Waals surface area contributed by atoms with Crippen molar-refractivity contribution in [3.05, 3.63) is 328 Å². The van der Waals surface area contributed by atoms with E-state index < -0.39 is 0 Å². The second-order valence-electron chi connectivity index (χ2n) is 24.0. The Balaban J connectivity index is 0.988. The van der Waals surface area contributed by atoms with Crippen LogP contribution in [0.25, 0.3) is 99.0 Å². The lowest BCUT2D eigenvalue weighted by Gasteiger charge is -2.45. The summed E-state index contributed by atoms with van der Waals surface area (Å²) in [5.41, 5.74) is 27.8. The molecule has 0 saturated carbocycles. The van der Waals surface area contributed by atoms with E-state index in [2.05, 4.69) is 351 Å². The molecule has 0 fully saturated rings. The number of fused-ring (bicyclic) bond motifs is 13. The summed E-state index contributed by atoms with van der Waals surface area (Å²) in [6.45, 7) is -0.220. The van der Waals surface area contributed by atoms with E-state index in [9.17, 15) is 0 Å². The maximum Gasteiger partial charge on any atom is 0.252 e. The van der Waals surface area contributed by atoms with Crippen molar-refractivity contribution in [1.82, 2.24) is 8.97 Å². The molecule has 90 heavy (non-hydrogen) atoms. The van der Waals surface area contributed by atoms with Crippen molar-refractivity contribution in [2.45, 2.75) is 0 Å². The van der Waals surface area contributed by atoms with E-state index in [1.54, 1.807) is 0 Å². The Morgan fingerprint density at radius 2 is 0.700 bits per heavy atom. The molecule has 0 N–H and O–H groups in total. The molecule has 3 aromatic heterocycles.